The fraction of sp³-hybridized carbons (Fsp3) is 0.222. The molecule has 1 aromatic heterocycles. The molecule has 4 heteroatoms. The van der Waals surface area contributed by atoms with Crippen molar-refractivity contribution in [2.24, 2.45) is 0 Å². The van der Waals surface area contributed by atoms with Gasteiger partial charge in [-0.05, 0) is 26.8 Å². The van der Waals surface area contributed by atoms with E-state index in [-0.39, 0.29) is 5.78 Å². The average molecular weight is 297 g/mol. The van der Waals surface area contributed by atoms with Crippen LogP contribution in [0.4, 0.5) is 0 Å². The third kappa shape index (κ3) is 3.34. The molecule has 0 spiro atoms. The summed E-state index contributed by atoms with van der Waals surface area (Å²) >= 11 is 0. The average Bonchev–Trinajstić information content (AvgIpc) is 2.82. The maximum atomic E-state index is 12.6. The minimum absolute atomic E-state index is 0.206. The minimum Gasteiger partial charge on any atom is -0.451 e. The number of rotatable bonds is 5. The maximum absolute atomic E-state index is 12.6. The van der Waals surface area contributed by atoms with Crippen molar-refractivity contribution in [3.8, 4) is 0 Å². The van der Waals surface area contributed by atoms with Gasteiger partial charge in [0.1, 0.15) is 0 Å². The third-order valence-electron chi connectivity index (χ3n) is 3.34. The highest BCUT2D eigenvalue weighted by Crippen LogP contribution is 2.23. The molecule has 1 heterocycles. The van der Waals surface area contributed by atoms with Crippen LogP contribution >= 0.6 is 0 Å². The number of hydrogen-bond donors (Lipinski definition) is 1. The Morgan fingerprint density at radius 1 is 1.23 bits per heavy atom. The highest BCUT2D eigenvalue weighted by molar-refractivity contribution is 6.11. The van der Waals surface area contributed by atoms with Gasteiger partial charge in [-0.3, -0.25) is 4.79 Å². The molecule has 22 heavy (non-hydrogen) atoms. The Kier molecular flexibility index (Phi) is 4.94. The monoisotopic (exact) mass is 297 g/mol. The van der Waals surface area contributed by atoms with E-state index in [0.717, 1.165) is 16.6 Å². The number of carbonyl (C=O) groups is 2. The summed E-state index contributed by atoms with van der Waals surface area (Å²) in [6.45, 7) is 5.28. The Morgan fingerprint density at radius 3 is 2.68 bits per heavy atom. The predicted octanol–water partition coefficient (Wildman–Crippen LogP) is 3.72. The van der Waals surface area contributed by atoms with E-state index in [1.807, 2.05) is 38.1 Å². The zero-order chi connectivity index (χ0) is 16.1. The molecule has 0 radical (unpaired) electrons. The van der Waals surface area contributed by atoms with Crippen LogP contribution in [0.1, 0.15) is 29.9 Å². The van der Waals surface area contributed by atoms with Gasteiger partial charge in [0.05, 0.1) is 0 Å². The lowest BCUT2D eigenvalue weighted by Gasteiger charge is -2.11. The number of Topliss-reactive ketones (excluding diaryl/α,β-unsaturated/α-hetero) is 1. The number of fused-ring (bicyclic) bond motifs is 1. The highest BCUT2D eigenvalue weighted by Gasteiger charge is 2.23. The molecule has 0 amide bonds. The Bertz CT molecular complexity index is 753. The van der Waals surface area contributed by atoms with Crippen molar-refractivity contribution in [2.45, 2.75) is 26.9 Å². The van der Waals surface area contributed by atoms with Gasteiger partial charge in [0.25, 0.3) is 0 Å². The largest absolute Gasteiger partial charge is 0.451 e. The van der Waals surface area contributed by atoms with Gasteiger partial charge < -0.3 is 9.72 Å². The molecular weight excluding hydrogens is 278 g/mol. The number of ketones is 1. The first-order valence-electron chi connectivity index (χ1n) is 7.16. The molecular formula is C18H19NO3. The molecule has 0 aliphatic carbocycles. The second-order valence-electron chi connectivity index (χ2n) is 5.00. The second-order valence-corrected chi connectivity index (χ2v) is 5.00. The summed E-state index contributed by atoms with van der Waals surface area (Å²) in [5.74, 6) is -0.737. The summed E-state index contributed by atoms with van der Waals surface area (Å²) in [7, 11) is 0. The van der Waals surface area contributed by atoms with Gasteiger partial charge in [-0.1, -0.05) is 36.4 Å². The van der Waals surface area contributed by atoms with Crippen LogP contribution in [0.15, 0.2) is 48.6 Å². The number of hydrogen-bond acceptors (Lipinski definition) is 3. The summed E-state index contributed by atoms with van der Waals surface area (Å²) in [6, 6.07) is 7.58. The van der Waals surface area contributed by atoms with Crippen molar-refractivity contribution < 1.29 is 14.3 Å². The van der Waals surface area contributed by atoms with Gasteiger partial charge in [0.2, 0.25) is 5.78 Å². The van der Waals surface area contributed by atoms with Crippen LogP contribution < -0.4 is 0 Å². The summed E-state index contributed by atoms with van der Waals surface area (Å²) in [5, 5.41) is 0.845. The minimum atomic E-state index is -0.833. The van der Waals surface area contributed by atoms with Gasteiger partial charge in [-0.25, -0.2) is 4.79 Å². The van der Waals surface area contributed by atoms with Gasteiger partial charge in [0, 0.05) is 28.2 Å². The fourth-order valence-corrected chi connectivity index (χ4v) is 2.31. The van der Waals surface area contributed by atoms with E-state index in [1.54, 1.807) is 25.2 Å². The van der Waals surface area contributed by atoms with Gasteiger partial charge >= 0.3 is 5.97 Å². The van der Waals surface area contributed by atoms with Crippen LogP contribution in [0.5, 0.6) is 0 Å². The van der Waals surface area contributed by atoms with E-state index < -0.39 is 12.1 Å². The SMILES string of the molecule is CC=CC=CC(=O)OC(C)C(=O)c1c(C)[nH]c2ccccc12. The van der Waals surface area contributed by atoms with Gasteiger partial charge in [-0.2, -0.15) is 0 Å². The summed E-state index contributed by atoms with van der Waals surface area (Å²) < 4.78 is 5.16. The number of aromatic nitrogens is 1. The third-order valence-corrected chi connectivity index (χ3v) is 3.34. The number of esters is 1. The number of aromatic amines is 1. The Hall–Kier alpha value is -2.62. The lowest BCUT2D eigenvalue weighted by molar-refractivity contribution is -0.140. The highest BCUT2D eigenvalue weighted by atomic mass is 16.5. The predicted molar refractivity (Wildman–Crippen MR) is 86.9 cm³/mol. The van der Waals surface area contributed by atoms with Crippen molar-refractivity contribution in [1.29, 1.82) is 0 Å². The lowest BCUT2D eigenvalue weighted by atomic mass is 10.0. The first kappa shape index (κ1) is 15.8. The molecule has 0 fully saturated rings. The molecule has 1 atom stereocenters. The molecule has 2 rings (SSSR count). The number of nitrogens with one attached hydrogen (secondary N) is 1. The van der Waals surface area contributed by atoms with E-state index in [0.29, 0.717) is 5.56 Å². The van der Waals surface area contributed by atoms with E-state index in [4.69, 9.17) is 4.74 Å². The van der Waals surface area contributed by atoms with Crippen molar-refractivity contribution in [3.05, 3.63) is 59.8 Å². The number of allylic oxidation sites excluding steroid dienone is 3. The number of para-hydroxylation sites is 1. The number of H-pyrrole nitrogens is 1. The lowest BCUT2D eigenvalue weighted by Crippen LogP contribution is -2.24. The Labute approximate surface area is 129 Å². The van der Waals surface area contributed by atoms with E-state index in [9.17, 15) is 9.59 Å². The van der Waals surface area contributed by atoms with Crippen LogP contribution in [-0.4, -0.2) is 22.8 Å². The molecule has 0 saturated carbocycles. The first-order chi connectivity index (χ1) is 10.5. The van der Waals surface area contributed by atoms with Crippen molar-refractivity contribution in [1.82, 2.24) is 4.98 Å². The Balaban J connectivity index is 2.19. The van der Waals surface area contributed by atoms with Crippen LogP contribution in [0.3, 0.4) is 0 Å². The molecule has 0 bridgehead atoms. The molecule has 114 valence electrons. The molecule has 0 aliphatic heterocycles. The zero-order valence-corrected chi connectivity index (χ0v) is 12.9. The quantitative estimate of drug-likeness (QED) is 0.396. The molecule has 4 nitrogen and oxygen atoms in total. The molecule has 0 saturated heterocycles. The fourth-order valence-electron chi connectivity index (χ4n) is 2.31. The number of aryl methyl sites for hydroxylation is 1. The molecule has 1 unspecified atom stereocenters. The van der Waals surface area contributed by atoms with Crippen LogP contribution in [0, 0.1) is 6.92 Å². The zero-order valence-electron chi connectivity index (χ0n) is 12.9. The number of benzene rings is 1. The van der Waals surface area contributed by atoms with Gasteiger partial charge in [0.15, 0.2) is 6.10 Å². The normalized spacial score (nSPS) is 13.0. The Morgan fingerprint density at radius 2 is 1.95 bits per heavy atom. The molecule has 1 aromatic carbocycles. The maximum Gasteiger partial charge on any atom is 0.331 e. The summed E-state index contributed by atoms with van der Waals surface area (Å²) in [4.78, 5) is 27.4. The van der Waals surface area contributed by atoms with Crippen molar-refractivity contribution in [2.75, 3.05) is 0 Å². The van der Waals surface area contributed by atoms with Crippen molar-refractivity contribution in [3.63, 3.8) is 0 Å². The molecule has 2 aromatic rings. The molecule has 1 N–H and O–H groups in total. The van der Waals surface area contributed by atoms with Crippen LogP contribution in [-0.2, 0) is 9.53 Å². The van der Waals surface area contributed by atoms with Crippen LogP contribution in [0.25, 0.3) is 10.9 Å². The summed E-state index contributed by atoms with van der Waals surface area (Å²) in [5.41, 5.74) is 2.25. The number of carbonyl (C=O) groups excluding carboxylic acids is 2. The van der Waals surface area contributed by atoms with Crippen molar-refractivity contribution >= 4 is 22.7 Å². The smallest absolute Gasteiger partial charge is 0.331 e. The van der Waals surface area contributed by atoms with E-state index >= 15 is 0 Å². The first-order valence-corrected chi connectivity index (χ1v) is 7.16. The number of ether oxygens (including phenoxy) is 1. The second kappa shape index (κ2) is 6.89. The standard InChI is InChI=1S/C18H19NO3/c1-4-5-6-11-16(20)22-13(3)18(21)17-12(2)19-15-10-8-7-9-14(15)17/h4-11,13,19H,1-3H3. The van der Waals surface area contributed by atoms with Crippen LogP contribution in [0.2, 0.25) is 0 Å². The summed E-state index contributed by atoms with van der Waals surface area (Å²) in [6.07, 6.45) is 5.56. The van der Waals surface area contributed by atoms with E-state index in [2.05, 4.69) is 4.98 Å². The van der Waals surface area contributed by atoms with E-state index in [1.165, 1.54) is 6.08 Å². The molecule has 0 aliphatic rings. The topological polar surface area (TPSA) is 59.2 Å². The van der Waals surface area contributed by atoms with Gasteiger partial charge in [-0.15, -0.1) is 0 Å².